The molecule has 2 heteroatoms. The van der Waals surface area contributed by atoms with Gasteiger partial charge in [-0.3, -0.25) is 11.3 Å². The van der Waals surface area contributed by atoms with E-state index >= 15 is 0 Å². The minimum atomic E-state index is 0.623. The molecule has 4 unspecified atom stereocenters. The maximum absolute atomic E-state index is 5.90. The summed E-state index contributed by atoms with van der Waals surface area (Å²) in [6.07, 6.45) is 11.6. The molecule has 3 rings (SSSR count). The molecule has 4 atom stereocenters. The highest BCUT2D eigenvalue weighted by atomic mass is 15.2. The van der Waals surface area contributed by atoms with Crippen molar-refractivity contribution in [2.75, 3.05) is 0 Å². The molecule has 2 nitrogen and oxygen atoms in total. The highest BCUT2D eigenvalue weighted by molar-refractivity contribution is 4.97. The molecule has 0 aromatic rings. The predicted molar refractivity (Wildman–Crippen MR) is 71.2 cm³/mol. The lowest BCUT2D eigenvalue weighted by Gasteiger charge is -2.38. The summed E-state index contributed by atoms with van der Waals surface area (Å²) in [5.74, 6) is 10.7. The van der Waals surface area contributed by atoms with Gasteiger partial charge in [0.2, 0.25) is 0 Å². The van der Waals surface area contributed by atoms with Crippen molar-refractivity contribution in [3.63, 3.8) is 0 Å². The third-order valence-electron chi connectivity index (χ3n) is 6.01. The molecular formula is C15H28N2. The van der Waals surface area contributed by atoms with Gasteiger partial charge >= 0.3 is 0 Å². The van der Waals surface area contributed by atoms with E-state index < -0.39 is 0 Å². The molecule has 3 fully saturated rings. The minimum Gasteiger partial charge on any atom is -0.271 e. The maximum Gasteiger partial charge on any atom is 0.0269 e. The summed E-state index contributed by atoms with van der Waals surface area (Å²) in [7, 11) is 0. The first kappa shape index (κ1) is 12.0. The summed E-state index contributed by atoms with van der Waals surface area (Å²) in [6.45, 7) is 2.40. The van der Waals surface area contributed by atoms with Gasteiger partial charge in [-0.2, -0.15) is 0 Å². The summed E-state index contributed by atoms with van der Waals surface area (Å²) in [5.41, 5.74) is 3.21. The molecule has 3 saturated carbocycles. The second kappa shape index (κ2) is 4.89. The molecule has 0 spiro atoms. The van der Waals surface area contributed by atoms with Gasteiger partial charge in [0.1, 0.15) is 0 Å². The lowest BCUT2D eigenvalue weighted by molar-refractivity contribution is 0.147. The molecule has 2 bridgehead atoms. The van der Waals surface area contributed by atoms with Crippen LogP contribution in [0.1, 0.15) is 58.3 Å². The van der Waals surface area contributed by atoms with Crippen LogP contribution >= 0.6 is 0 Å². The Hall–Kier alpha value is -0.0800. The van der Waals surface area contributed by atoms with E-state index in [1.54, 1.807) is 0 Å². The smallest absolute Gasteiger partial charge is 0.0269 e. The highest BCUT2D eigenvalue weighted by Gasteiger charge is 2.45. The molecule has 17 heavy (non-hydrogen) atoms. The topological polar surface area (TPSA) is 38.0 Å². The number of hydrazine groups is 1. The van der Waals surface area contributed by atoms with E-state index in [4.69, 9.17) is 5.84 Å². The second-order valence-electron chi connectivity index (χ2n) is 7.05. The fourth-order valence-corrected chi connectivity index (χ4v) is 4.99. The fourth-order valence-electron chi connectivity index (χ4n) is 4.99. The van der Waals surface area contributed by atoms with Crippen LogP contribution in [0.3, 0.4) is 0 Å². The van der Waals surface area contributed by atoms with E-state index in [1.807, 2.05) is 0 Å². The van der Waals surface area contributed by atoms with Crippen LogP contribution in [0, 0.1) is 29.6 Å². The molecular weight excluding hydrogens is 208 g/mol. The Bertz CT molecular complexity index is 258. The van der Waals surface area contributed by atoms with Crippen molar-refractivity contribution >= 4 is 0 Å². The van der Waals surface area contributed by atoms with Crippen molar-refractivity contribution in [2.45, 2.75) is 64.3 Å². The molecule has 3 aliphatic carbocycles. The maximum atomic E-state index is 5.90. The lowest BCUT2D eigenvalue weighted by atomic mass is 9.72. The Balaban J connectivity index is 1.63. The molecule has 0 aliphatic heterocycles. The Labute approximate surface area is 106 Å². The number of nitrogens with one attached hydrogen (secondary N) is 1. The van der Waals surface area contributed by atoms with Crippen molar-refractivity contribution in [3.8, 4) is 0 Å². The number of rotatable bonds is 3. The Morgan fingerprint density at radius 2 is 1.76 bits per heavy atom. The molecule has 0 aromatic heterocycles. The monoisotopic (exact) mass is 236 g/mol. The first-order valence-corrected chi connectivity index (χ1v) is 7.74. The third kappa shape index (κ3) is 2.26. The molecule has 98 valence electrons. The van der Waals surface area contributed by atoms with Crippen LogP contribution in [0.25, 0.3) is 0 Å². The lowest BCUT2D eigenvalue weighted by Crippen LogP contribution is -2.48. The predicted octanol–water partition coefficient (Wildman–Crippen LogP) is 3.08. The third-order valence-corrected chi connectivity index (χ3v) is 6.01. The van der Waals surface area contributed by atoms with E-state index in [-0.39, 0.29) is 0 Å². The van der Waals surface area contributed by atoms with Gasteiger partial charge in [0.05, 0.1) is 0 Å². The van der Waals surface area contributed by atoms with Crippen molar-refractivity contribution in [1.29, 1.82) is 0 Å². The number of hydrogen-bond donors (Lipinski definition) is 2. The van der Waals surface area contributed by atoms with E-state index in [2.05, 4.69) is 12.3 Å². The highest BCUT2D eigenvalue weighted by Crippen LogP contribution is 2.51. The number of fused-ring (bicyclic) bond motifs is 2. The van der Waals surface area contributed by atoms with Gasteiger partial charge in [0.15, 0.2) is 0 Å². The standard InChI is InChI=1S/C15H28N2/c1-10-2-5-12(6-3-10)15(17-16)14-9-11-4-7-13(14)8-11/h10-15,17H,2-9,16H2,1H3. The second-order valence-corrected chi connectivity index (χ2v) is 7.05. The summed E-state index contributed by atoms with van der Waals surface area (Å²) in [4.78, 5) is 0. The normalized spacial score (nSPS) is 47.3. The SMILES string of the molecule is CC1CCC(C(NN)C2CC3CCC2C3)CC1. The zero-order valence-electron chi connectivity index (χ0n) is 11.2. The summed E-state index contributed by atoms with van der Waals surface area (Å²) in [6, 6.07) is 0.623. The number of nitrogens with two attached hydrogens (primary N) is 1. The quantitative estimate of drug-likeness (QED) is 0.584. The largest absolute Gasteiger partial charge is 0.271 e. The van der Waals surface area contributed by atoms with E-state index in [9.17, 15) is 0 Å². The van der Waals surface area contributed by atoms with Gasteiger partial charge in [0.25, 0.3) is 0 Å². The van der Waals surface area contributed by atoms with Crippen LogP contribution < -0.4 is 11.3 Å². The summed E-state index contributed by atoms with van der Waals surface area (Å²) in [5, 5.41) is 0. The summed E-state index contributed by atoms with van der Waals surface area (Å²) >= 11 is 0. The van der Waals surface area contributed by atoms with Crippen LogP contribution in [-0.2, 0) is 0 Å². The zero-order chi connectivity index (χ0) is 11.8. The van der Waals surface area contributed by atoms with E-state index in [1.165, 1.54) is 51.4 Å². The van der Waals surface area contributed by atoms with Gasteiger partial charge in [-0.15, -0.1) is 0 Å². The van der Waals surface area contributed by atoms with Crippen molar-refractivity contribution < 1.29 is 0 Å². The number of hydrogen-bond acceptors (Lipinski definition) is 2. The average Bonchev–Trinajstić information content (AvgIpc) is 2.95. The van der Waals surface area contributed by atoms with Gasteiger partial charge in [-0.1, -0.05) is 26.2 Å². The molecule has 3 N–H and O–H groups in total. The molecule has 0 heterocycles. The van der Waals surface area contributed by atoms with Gasteiger partial charge in [-0.25, -0.2) is 0 Å². The Morgan fingerprint density at radius 1 is 1.00 bits per heavy atom. The molecule has 0 amide bonds. The molecule has 0 radical (unpaired) electrons. The molecule has 0 saturated heterocycles. The van der Waals surface area contributed by atoms with Crippen molar-refractivity contribution in [3.05, 3.63) is 0 Å². The van der Waals surface area contributed by atoms with Crippen molar-refractivity contribution in [1.82, 2.24) is 5.43 Å². The zero-order valence-corrected chi connectivity index (χ0v) is 11.2. The fraction of sp³-hybridized carbons (Fsp3) is 1.00. The van der Waals surface area contributed by atoms with Gasteiger partial charge < -0.3 is 0 Å². The van der Waals surface area contributed by atoms with Crippen LogP contribution in [0.15, 0.2) is 0 Å². The first-order chi connectivity index (χ1) is 8.28. The molecule has 3 aliphatic rings. The summed E-state index contributed by atoms with van der Waals surface area (Å²) < 4.78 is 0. The van der Waals surface area contributed by atoms with Crippen molar-refractivity contribution in [2.24, 2.45) is 35.4 Å². The van der Waals surface area contributed by atoms with Gasteiger partial charge in [0, 0.05) is 6.04 Å². The Kier molecular flexibility index (Phi) is 3.45. The van der Waals surface area contributed by atoms with Gasteiger partial charge in [-0.05, 0) is 61.7 Å². The van der Waals surface area contributed by atoms with E-state index in [0.717, 1.165) is 29.6 Å². The van der Waals surface area contributed by atoms with E-state index in [0.29, 0.717) is 6.04 Å². The average molecular weight is 236 g/mol. The van der Waals surface area contributed by atoms with Crippen LogP contribution in [0.2, 0.25) is 0 Å². The Morgan fingerprint density at radius 3 is 2.29 bits per heavy atom. The van der Waals surface area contributed by atoms with Crippen LogP contribution in [0.5, 0.6) is 0 Å². The van der Waals surface area contributed by atoms with Crippen LogP contribution in [0.4, 0.5) is 0 Å². The molecule has 0 aromatic carbocycles. The first-order valence-electron chi connectivity index (χ1n) is 7.74. The minimum absolute atomic E-state index is 0.623. The van der Waals surface area contributed by atoms with Crippen LogP contribution in [-0.4, -0.2) is 6.04 Å².